The first kappa shape index (κ1) is 33.8. The quantitative estimate of drug-likeness (QED) is 0.108. The number of nitrogens with zero attached hydrogens (tertiary/aromatic N) is 1. The Bertz CT molecular complexity index is 1930. The molecule has 2 amide bonds. The average Bonchev–Trinajstić information content (AvgIpc) is 3.39. The van der Waals surface area contributed by atoms with Gasteiger partial charge in [0.05, 0.1) is 16.6 Å². The van der Waals surface area contributed by atoms with E-state index in [1.54, 1.807) is 30.3 Å². The van der Waals surface area contributed by atoms with Crippen LogP contribution in [0.25, 0.3) is 22.2 Å². The number of aromatic hydroxyl groups is 1. The highest BCUT2D eigenvalue weighted by Crippen LogP contribution is 2.32. The summed E-state index contributed by atoms with van der Waals surface area (Å²) in [7, 11) is 0. The van der Waals surface area contributed by atoms with E-state index >= 15 is 0 Å². The number of rotatable bonds is 7. The summed E-state index contributed by atoms with van der Waals surface area (Å²) in [6.07, 6.45) is -4.69. The second-order valence-corrected chi connectivity index (χ2v) is 10.4. The highest BCUT2D eigenvalue weighted by molar-refractivity contribution is 6.32. The molecule has 2 aromatic heterocycles. The van der Waals surface area contributed by atoms with E-state index in [1.165, 1.54) is 6.07 Å². The third-order valence-corrected chi connectivity index (χ3v) is 6.97. The number of benzene rings is 3. The van der Waals surface area contributed by atoms with Crippen molar-refractivity contribution in [1.29, 1.82) is 0 Å². The highest BCUT2D eigenvalue weighted by atomic mass is 35.5. The van der Waals surface area contributed by atoms with Crippen molar-refractivity contribution in [3.63, 3.8) is 0 Å². The molecule has 0 fully saturated rings. The van der Waals surface area contributed by atoms with Crippen molar-refractivity contribution in [2.45, 2.75) is 25.2 Å². The first-order valence-electron chi connectivity index (χ1n) is 13.2. The van der Waals surface area contributed by atoms with E-state index in [1.807, 2.05) is 30.3 Å². The van der Waals surface area contributed by atoms with Gasteiger partial charge in [0.2, 0.25) is 0 Å². The first-order chi connectivity index (χ1) is 21.7. The maximum Gasteiger partial charge on any atom is 0.490 e. The van der Waals surface area contributed by atoms with Crippen LogP contribution < -0.4 is 16.2 Å². The zero-order valence-electron chi connectivity index (χ0n) is 23.3. The third kappa shape index (κ3) is 8.55. The number of hydrogen-bond acceptors (Lipinski definition) is 5. The van der Waals surface area contributed by atoms with E-state index < -0.39 is 35.6 Å². The Hall–Kier alpha value is -5.08. The first-order valence-corrected chi connectivity index (χ1v) is 13.9. The SMILES string of the molecule is O=C(NCc1cccc(Cl)c1F)N[C@@H](Cc1ccccc1)c1nc(-c2ccc3[nH]c(=O)cc(O)c3c2)c(Cl)[nH]1.O=C(O)C(F)(F)F. The number of imidazole rings is 1. The summed E-state index contributed by atoms with van der Waals surface area (Å²) in [5.41, 5.74) is 2.24. The number of aromatic nitrogens is 3. The maximum absolute atomic E-state index is 14.3. The zero-order valence-corrected chi connectivity index (χ0v) is 24.8. The molecular formula is C30H23Cl2F4N5O5. The van der Waals surface area contributed by atoms with Gasteiger partial charge in [0.1, 0.15) is 28.2 Å². The van der Waals surface area contributed by atoms with Crippen molar-refractivity contribution in [2.75, 3.05) is 0 Å². The largest absolute Gasteiger partial charge is 0.507 e. The van der Waals surface area contributed by atoms with Crippen LogP contribution in [0, 0.1) is 5.82 Å². The van der Waals surface area contributed by atoms with Crippen molar-refractivity contribution >= 4 is 46.1 Å². The molecule has 2 heterocycles. The molecule has 0 saturated carbocycles. The Morgan fingerprint density at radius 3 is 2.35 bits per heavy atom. The number of pyridine rings is 1. The topological polar surface area (TPSA) is 160 Å². The molecule has 5 rings (SSSR count). The molecule has 0 radical (unpaired) electrons. The number of alkyl halides is 3. The van der Waals surface area contributed by atoms with E-state index in [0.717, 1.165) is 11.6 Å². The zero-order chi connectivity index (χ0) is 33.6. The Morgan fingerprint density at radius 2 is 1.67 bits per heavy atom. The number of carbonyl (C=O) groups excluding carboxylic acids is 1. The summed E-state index contributed by atoms with van der Waals surface area (Å²) in [6.45, 7) is -0.0663. The normalized spacial score (nSPS) is 11.8. The molecule has 0 saturated heterocycles. The summed E-state index contributed by atoms with van der Waals surface area (Å²) >= 11 is 12.4. The Balaban J connectivity index is 0.000000617. The molecule has 46 heavy (non-hydrogen) atoms. The number of carboxylic acids is 1. The van der Waals surface area contributed by atoms with E-state index in [4.69, 9.17) is 33.1 Å². The predicted octanol–water partition coefficient (Wildman–Crippen LogP) is 6.49. The molecule has 3 aromatic carbocycles. The number of urea groups is 1. The average molecular weight is 680 g/mol. The number of nitrogens with one attached hydrogen (secondary N) is 4. The lowest BCUT2D eigenvalue weighted by atomic mass is 10.1. The Labute approximate surface area is 267 Å². The summed E-state index contributed by atoms with van der Waals surface area (Å²) in [6, 6.07) is 19.1. The fraction of sp³-hybridized carbons (Fsp3) is 0.133. The molecule has 0 unspecified atom stereocenters. The predicted molar refractivity (Wildman–Crippen MR) is 162 cm³/mol. The van der Waals surface area contributed by atoms with Crippen LogP contribution in [0.15, 0.2) is 77.6 Å². The monoisotopic (exact) mass is 679 g/mol. The van der Waals surface area contributed by atoms with Crippen LogP contribution in [0.3, 0.4) is 0 Å². The summed E-state index contributed by atoms with van der Waals surface area (Å²) in [4.78, 5) is 43.8. The van der Waals surface area contributed by atoms with Crippen LogP contribution in [0.5, 0.6) is 5.75 Å². The molecule has 5 aromatic rings. The van der Waals surface area contributed by atoms with Crippen molar-refractivity contribution in [1.82, 2.24) is 25.6 Å². The van der Waals surface area contributed by atoms with Gasteiger partial charge in [0, 0.05) is 29.1 Å². The summed E-state index contributed by atoms with van der Waals surface area (Å²) in [5, 5.41) is 23.6. The molecule has 0 aliphatic rings. The standard InChI is InChI=1S/C28H22Cl2FN5O3.C2HF3O2/c29-19-8-4-7-17(24(19)31)14-32-28(39)34-21(11-15-5-2-1-3-6-15)27-35-25(26(30)36-27)16-9-10-20-18(12-16)22(37)13-23(38)33-20;3-2(4,5)1(6)7/h1-10,12-13,21H,11,14H2,(H,35,36)(H2,32,34,39)(H2,33,37,38);(H,6,7)/t21-;/m0./s1. The molecule has 1 atom stereocenters. The maximum atomic E-state index is 14.3. The molecule has 0 aliphatic heterocycles. The van der Waals surface area contributed by atoms with Crippen LogP contribution in [0.2, 0.25) is 10.2 Å². The van der Waals surface area contributed by atoms with Crippen LogP contribution in [-0.2, 0) is 17.8 Å². The lowest BCUT2D eigenvalue weighted by molar-refractivity contribution is -0.192. The number of carbonyl (C=O) groups is 2. The van der Waals surface area contributed by atoms with E-state index in [-0.39, 0.29) is 28.0 Å². The number of carboxylic acid groups (broad SMARTS) is 1. The fourth-order valence-corrected chi connectivity index (χ4v) is 4.69. The second kappa shape index (κ2) is 14.3. The van der Waals surface area contributed by atoms with Gasteiger partial charge in [-0.15, -0.1) is 0 Å². The molecule has 0 aliphatic carbocycles. The Kier molecular flexibility index (Phi) is 10.5. The van der Waals surface area contributed by atoms with Crippen molar-refractivity contribution in [2.24, 2.45) is 0 Å². The smallest absolute Gasteiger partial charge is 0.490 e. The molecule has 16 heteroatoms. The van der Waals surface area contributed by atoms with Gasteiger partial charge in [-0.3, -0.25) is 4.79 Å². The van der Waals surface area contributed by atoms with Gasteiger partial charge in [0.25, 0.3) is 5.56 Å². The van der Waals surface area contributed by atoms with E-state index in [9.17, 15) is 32.3 Å². The molecule has 10 nitrogen and oxygen atoms in total. The van der Waals surface area contributed by atoms with Crippen molar-refractivity contribution < 1.29 is 37.4 Å². The van der Waals surface area contributed by atoms with Crippen molar-refractivity contribution in [3.8, 4) is 17.0 Å². The lowest BCUT2D eigenvalue weighted by Crippen LogP contribution is -2.39. The van der Waals surface area contributed by atoms with Crippen LogP contribution in [0.1, 0.15) is 23.0 Å². The lowest BCUT2D eigenvalue weighted by Gasteiger charge is -2.18. The highest BCUT2D eigenvalue weighted by Gasteiger charge is 2.38. The van der Waals surface area contributed by atoms with Crippen LogP contribution in [0.4, 0.5) is 22.4 Å². The molecule has 240 valence electrons. The molecular weight excluding hydrogens is 657 g/mol. The second-order valence-electron chi connectivity index (χ2n) is 9.65. The minimum Gasteiger partial charge on any atom is -0.507 e. The number of aromatic amines is 2. The minimum atomic E-state index is -5.08. The Morgan fingerprint density at radius 1 is 0.978 bits per heavy atom. The third-order valence-electron chi connectivity index (χ3n) is 6.40. The number of hydrogen-bond donors (Lipinski definition) is 6. The number of fused-ring (bicyclic) bond motifs is 1. The van der Waals surface area contributed by atoms with Crippen LogP contribution >= 0.6 is 23.2 Å². The van der Waals surface area contributed by atoms with Crippen molar-refractivity contribution in [3.05, 3.63) is 116 Å². The number of H-pyrrole nitrogens is 2. The van der Waals surface area contributed by atoms with Gasteiger partial charge in [-0.05, 0) is 30.2 Å². The van der Waals surface area contributed by atoms with Gasteiger partial charge in [-0.25, -0.2) is 19.0 Å². The van der Waals surface area contributed by atoms with Gasteiger partial charge in [-0.2, -0.15) is 13.2 Å². The van der Waals surface area contributed by atoms with Crippen LogP contribution in [-0.4, -0.2) is 43.3 Å². The number of amides is 2. The minimum absolute atomic E-state index is 0.0252. The van der Waals surface area contributed by atoms with Gasteiger partial charge >= 0.3 is 18.2 Å². The summed E-state index contributed by atoms with van der Waals surface area (Å²) in [5.74, 6) is -3.12. The van der Waals surface area contributed by atoms with Gasteiger partial charge in [0.15, 0.2) is 0 Å². The number of aliphatic carboxylic acids is 1. The molecule has 6 N–H and O–H groups in total. The van der Waals surface area contributed by atoms with Gasteiger partial charge in [-0.1, -0.05) is 71.7 Å². The van der Waals surface area contributed by atoms with E-state index in [2.05, 4.69) is 25.6 Å². The fourth-order valence-electron chi connectivity index (χ4n) is 4.24. The molecule has 0 spiro atoms. The van der Waals surface area contributed by atoms with Gasteiger partial charge < -0.3 is 30.8 Å². The number of halogens is 6. The summed E-state index contributed by atoms with van der Waals surface area (Å²) < 4.78 is 46.0. The van der Waals surface area contributed by atoms with E-state index in [0.29, 0.717) is 34.4 Å². The molecule has 0 bridgehead atoms.